The van der Waals surface area contributed by atoms with Crippen LogP contribution in [-0.2, 0) is 20.9 Å². The van der Waals surface area contributed by atoms with Crippen LogP contribution >= 0.6 is 0 Å². The van der Waals surface area contributed by atoms with Gasteiger partial charge in [-0.25, -0.2) is 4.79 Å². The van der Waals surface area contributed by atoms with Crippen molar-refractivity contribution in [3.63, 3.8) is 0 Å². The van der Waals surface area contributed by atoms with Gasteiger partial charge in [-0.2, -0.15) is 5.26 Å². The van der Waals surface area contributed by atoms with Crippen LogP contribution in [0.2, 0.25) is 0 Å². The summed E-state index contributed by atoms with van der Waals surface area (Å²) in [7, 11) is 0. The van der Waals surface area contributed by atoms with Gasteiger partial charge in [0.15, 0.2) is 6.10 Å². The summed E-state index contributed by atoms with van der Waals surface area (Å²) < 4.78 is 7.49. The van der Waals surface area contributed by atoms with Gasteiger partial charge in [-0.05, 0) is 51.4 Å². The molecule has 2 heterocycles. The molecule has 1 aromatic rings. The molecular formula is C22H32N4O3. The van der Waals surface area contributed by atoms with Gasteiger partial charge in [0, 0.05) is 44.1 Å². The highest BCUT2D eigenvalue weighted by atomic mass is 16.5. The van der Waals surface area contributed by atoms with Crippen molar-refractivity contribution in [3.8, 4) is 6.07 Å². The summed E-state index contributed by atoms with van der Waals surface area (Å²) in [4.78, 5) is 29.1. The number of rotatable bonds is 7. The summed E-state index contributed by atoms with van der Waals surface area (Å²) >= 11 is 0. The third kappa shape index (κ3) is 5.48. The molecule has 158 valence electrons. The van der Waals surface area contributed by atoms with Gasteiger partial charge >= 0.3 is 5.97 Å². The zero-order valence-electron chi connectivity index (χ0n) is 18.2. The second-order valence-corrected chi connectivity index (χ2v) is 7.46. The largest absolute Gasteiger partial charge is 0.448 e. The molecule has 0 unspecified atom stereocenters. The third-order valence-corrected chi connectivity index (χ3v) is 5.46. The maximum absolute atomic E-state index is 12.6. The molecule has 0 spiro atoms. The van der Waals surface area contributed by atoms with Gasteiger partial charge in [0.1, 0.15) is 11.6 Å². The Morgan fingerprint density at radius 3 is 2.45 bits per heavy atom. The number of nitrogens with zero attached hydrogens (tertiary/aromatic N) is 4. The fourth-order valence-corrected chi connectivity index (χ4v) is 3.65. The molecule has 0 aromatic carbocycles. The second kappa shape index (κ2) is 10.3. The van der Waals surface area contributed by atoms with Gasteiger partial charge in [0.2, 0.25) is 0 Å². The van der Waals surface area contributed by atoms with Gasteiger partial charge in [-0.3, -0.25) is 4.79 Å². The maximum Gasteiger partial charge on any atom is 0.349 e. The first kappa shape index (κ1) is 22.7. The van der Waals surface area contributed by atoms with Crippen LogP contribution < -0.4 is 0 Å². The predicted molar refractivity (Wildman–Crippen MR) is 112 cm³/mol. The van der Waals surface area contributed by atoms with Crippen molar-refractivity contribution < 1.29 is 14.3 Å². The highest BCUT2D eigenvalue weighted by Crippen LogP contribution is 2.19. The van der Waals surface area contributed by atoms with E-state index < -0.39 is 12.1 Å². The molecule has 0 N–H and O–H groups in total. The topological polar surface area (TPSA) is 78.6 Å². The van der Waals surface area contributed by atoms with Crippen molar-refractivity contribution >= 4 is 18.0 Å². The minimum Gasteiger partial charge on any atom is -0.448 e. The molecule has 1 amide bonds. The van der Waals surface area contributed by atoms with Crippen LogP contribution in [0.15, 0.2) is 11.6 Å². The molecular weight excluding hydrogens is 368 g/mol. The van der Waals surface area contributed by atoms with E-state index in [9.17, 15) is 14.9 Å². The lowest BCUT2D eigenvalue weighted by Gasteiger charge is -2.35. The standard InChI is InChI=1S/C22H32N4O3/c1-6-8-26-16(3)13-19(17(26)4)14-20(15-23)22(28)29-18(5)21(27)25-11-9-24(7-2)10-12-25/h13-14,18H,6-12H2,1-5H3/b20-14+/t18-/m0/s1. The number of piperazine rings is 1. The average Bonchev–Trinajstić information content (AvgIpc) is 2.98. The van der Waals surface area contributed by atoms with Crippen LogP contribution in [0, 0.1) is 25.2 Å². The Morgan fingerprint density at radius 1 is 1.24 bits per heavy atom. The first-order chi connectivity index (χ1) is 13.8. The van der Waals surface area contributed by atoms with Gasteiger partial charge in [-0.15, -0.1) is 0 Å². The van der Waals surface area contributed by atoms with Crippen LogP contribution in [-0.4, -0.2) is 65.1 Å². The summed E-state index contributed by atoms with van der Waals surface area (Å²) in [5, 5.41) is 9.46. The fourth-order valence-electron chi connectivity index (χ4n) is 3.65. The van der Waals surface area contributed by atoms with Crippen LogP contribution in [0.4, 0.5) is 0 Å². The van der Waals surface area contributed by atoms with Gasteiger partial charge < -0.3 is 19.1 Å². The average molecular weight is 401 g/mol. The summed E-state index contributed by atoms with van der Waals surface area (Å²) in [6, 6.07) is 3.88. The predicted octanol–water partition coefficient (Wildman–Crippen LogP) is 2.52. The van der Waals surface area contributed by atoms with E-state index in [1.54, 1.807) is 17.9 Å². The molecule has 7 heteroatoms. The Hall–Kier alpha value is -2.59. The summed E-state index contributed by atoms with van der Waals surface area (Å²) in [5.41, 5.74) is 2.80. The lowest BCUT2D eigenvalue weighted by Crippen LogP contribution is -2.51. The molecule has 0 radical (unpaired) electrons. The van der Waals surface area contributed by atoms with Crippen molar-refractivity contribution in [1.82, 2.24) is 14.4 Å². The zero-order valence-corrected chi connectivity index (χ0v) is 18.2. The monoisotopic (exact) mass is 400 g/mol. The molecule has 0 saturated carbocycles. The maximum atomic E-state index is 12.6. The number of hydrogen-bond acceptors (Lipinski definition) is 5. The summed E-state index contributed by atoms with van der Waals surface area (Å²) in [6.45, 7) is 14.5. The van der Waals surface area contributed by atoms with Crippen molar-refractivity contribution in [2.75, 3.05) is 32.7 Å². The van der Waals surface area contributed by atoms with Crippen LogP contribution in [0.1, 0.15) is 44.1 Å². The van der Waals surface area contributed by atoms with Crippen molar-refractivity contribution in [2.24, 2.45) is 0 Å². The van der Waals surface area contributed by atoms with E-state index in [-0.39, 0.29) is 11.5 Å². The Bertz CT molecular complexity index is 811. The number of carbonyl (C=O) groups is 2. The van der Waals surface area contributed by atoms with Gasteiger partial charge in [0.05, 0.1) is 0 Å². The summed E-state index contributed by atoms with van der Waals surface area (Å²) in [5.74, 6) is -0.978. The van der Waals surface area contributed by atoms with E-state index in [0.29, 0.717) is 13.1 Å². The highest BCUT2D eigenvalue weighted by Gasteiger charge is 2.27. The van der Waals surface area contributed by atoms with Gasteiger partial charge in [-0.1, -0.05) is 13.8 Å². The van der Waals surface area contributed by atoms with Crippen LogP contribution in [0.3, 0.4) is 0 Å². The Labute approximate surface area is 173 Å². The van der Waals surface area contributed by atoms with Gasteiger partial charge in [0.25, 0.3) is 5.91 Å². The number of likely N-dealkylation sites (N-methyl/N-ethyl adjacent to an activating group) is 1. The molecule has 7 nitrogen and oxygen atoms in total. The molecule has 29 heavy (non-hydrogen) atoms. The molecule has 1 aliphatic heterocycles. The molecule has 2 rings (SSSR count). The lowest BCUT2D eigenvalue weighted by atomic mass is 10.1. The Kier molecular flexibility index (Phi) is 8.03. The number of aryl methyl sites for hydroxylation is 1. The minimum atomic E-state index is -0.917. The van der Waals surface area contributed by atoms with Crippen molar-refractivity contribution in [3.05, 3.63) is 28.6 Å². The van der Waals surface area contributed by atoms with E-state index in [1.165, 1.54) is 0 Å². The molecule has 0 bridgehead atoms. The van der Waals surface area contributed by atoms with E-state index in [1.807, 2.05) is 26.0 Å². The van der Waals surface area contributed by atoms with Crippen molar-refractivity contribution in [2.45, 2.75) is 53.7 Å². The molecule has 1 fully saturated rings. The number of esters is 1. The highest BCUT2D eigenvalue weighted by molar-refractivity contribution is 5.99. The number of aromatic nitrogens is 1. The van der Waals surface area contributed by atoms with Crippen LogP contribution in [0.5, 0.6) is 0 Å². The molecule has 1 atom stereocenters. The lowest BCUT2D eigenvalue weighted by molar-refractivity contribution is -0.156. The van der Waals surface area contributed by atoms with E-state index in [4.69, 9.17) is 4.74 Å². The molecule has 1 saturated heterocycles. The molecule has 1 aromatic heterocycles. The summed E-state index contributed by atoms with van der Waals surface area (Å²) in [6.07, 6.45) is 1.63. The SMILES string of the molecule is CCCn1c(C)cc(/C=C(\C#N)C(=O)O[C@@H](C)C(=O)N2CCN(CC)CC2)c1C. The normalized spacial score (nSPS) is 16.4. The number of ether oxygens (including phenoxy) is 1. The van der Waals surface area contributed by atoms with Crippen LogP contribution in [0.25, 0.3) is 6.08 Å². The minimum absolute atomic E-state index is 0.0998. The zero-order chi connectivity index (χ0) is 21.6. The van der Waals surface area contributed by atoms with E-state index in [2.05, 4.69) is 23.3 Å². The quantitative estimate of drug-likeness (QED) is 0.399. The number of amides is 1. The number of hydrogen-bond donors (Lipinski definition) is 0. The first-order valence-corrected chi connectivity index (χ1v) is 10.3. The second-order valence-electron chi connectivity index (χ2n) is 7.46. The van der Waals surface area contributed by atoms with E-state index in [0.717, 1.165) is 49.6 Å². The number of carbonyl (C=O) groups excluding carboxylic acids is 2. The Balaban J connectivity index is 2.06. The molecule has 1 aliphatic rings. The third-order valence-electron chi connectivity index (χ3n) is 5.46. The number of nitriles is 1. The van der Waals surface area contributed by atoms with E-state index >= 15 is 0 Å². The first-order valence-electron chi connectivity index (χ1n) is 10.3. The fraction of sp³-hybridized carbons (Fsp3) is 0.591. The smallest absolute Gasteiger partial charge is 0.349 e. The molecule has 0 aliphatic carbocycles. The Morgan fingerprint density at radius 2 is 1.90 bits per heavy atom. The van der Waals surface area contributed by atoms with Crippen molar-refractivity contribution in [1.29, 1.82) is 5.26 Å².